The first-order valence-electron chi connectivity index (χ1n) is 5.27. The number of carbonyl (C=O) groups is 1. The Hall–Kier alpha value is -1.35. The van der Waals surface area contributed by atoms with Gasteiger partial charge >= 0.3 is 0 Å². The molecule has 0 unspecified atom stereocenters. The predicted molar refractivity (Wildman–Crippen MR) is 61.6 cm³/mol. The van der Waals surface area contributed by atoms with E-state index in [1.165, 1.54) is 0 Å². The number of benzene rings is 1. The Balaban J connectivity index is 2.66. The molecule has 0 fully saturated rings. The van der Waals surface area contributed by atoms with E-state index in [1.807, 2.05) is 26.0 Å². The van der Waals surface area contributed by atoms with Crippen LogP contribution in [-0.4, -0.2) is 11.9 Å². The Labute approximate surface area is 90.7 Å². The molecule has 1 rings (SSSR count). The maximum atomic E-state index is 11.7. The van der Waals surface area contributed by atoms with Crippen molar-refractivity contribution >= 4 is 5.91 Å². The van der Waals surface area contributed by atoms with Crippen LogP contribution in [0.15, 0.2) is 24.3 Å². The summed E-state index contributed by atoms with van der Waals surface area (Å²) in [7, 11) is 0. The van der Waals surface area contributed by atoms with Crippen LogP contribution in [0.5, 0.6) is 0 Å². The molecule has 15 heavy (non-hydrogen) atoms. The summed E-state index contributed by atoms with van der Waals surface area (Å²) < 4.78 is 0. The molecule has 3 N–H and O–H groups in total. The highest BCUT2D eigenvalue weighted by atomic mass is 16.1. The van der Waals surface area contributed by atoms with Gasteiger partial charge in [-0.25, -0.2) is 0 Å². The van der Waals surface area contributed by atoms with E-state index < -0.39 is 0 Å². The van der Waals surface area contributed by atoms with Crippen molar-refractivity contribution < 1.29 is 4.79 Å². The van der Waals surface area contributed by atoms with Gasteiger partial charge in [-0.05, 0) is 31.0 Å². The maximum Gasteiger partial charge on any atom is 0.251 e. The van der Waals surface area contributed by atoms with Gasteiger partial charge in [-0.2, -0.15) is 0 Å². The molecule has 82 valence electrons. The molecular weight excluding hydrogens is 188 g/mol. The first-order valence-corrected chi connectivity index (χ1v) is 5.27. The minimum Gasteiger partial charge on any atom is -0.350 e. The Morgan fingerprint density at radius 3 is 2.47 bits per heavy atom. The fourth-order valence-electron chi connectivity index (χ4n) is 1.20. The second kappa shape index (κ2) is 5.51. The maximum absolute atomic E-state index is 11.7. The summed E-state index contributed by atoms with van der Waals surface area (Å²) in [6.07, 6.45) is 0.937. The first-order chi connectivity index (χ1) is 7.17. The third kappa shape index (κ3) is 3.36. The molecule has 0 spiro atoms. The SMILES string of the molecule is CC[C@H](C)NC(=O)c1ccc(CN)cc1. The molecular formula is C12H18N2O. The number of nitrogens with one attached hydrogen (secondary N) is 1. The second-order valence-electron chi connectivity index (χ2n) is 3.68. The van der Waals surface area contributed by atoms with Crippen LogP contribution in [0.2, 0.25) is 0 Å². The van der Waals surface area contributed by atoms with Crippen molar-refractivity contribution in [2.45, 2.75) is 32.9 Å². The lowest BCUT2D eigenvalue weighted by molar-refractivity contribution is 0.0939. The third-order valence-corrected chi connectivity index (χ3v) is 2.44. The van der Waals surface area contributed by atoms with Gasteiger partial charge in [-0.1, -0.05) is 19.1 Å². The summed E-state index contributed by atoms with van der Waals surface area (Å²) in [4.78, 5) is 11.7. The Kier molecular flexibility index (Phi) is 4.31. The van der Waals surface area contributed by atoms with Gasteiger partial charge in [0.1, 0.15) is 0 Å². The number of amides is 1. The van der Waals surface area contributed by atoms with Crippen molar-refractivity contribution in [2.75, 3.05) is 0 Å². The molecule has 1 atom stereocenters. The summed E-state index contributed by atoms with van der Waals surface area (Å²) in [5, 5.41) is 2.91. The predicted octanol–water partition coefficient (Wildman–Crippen LogP) is 1.67. The molecule has 0 aliphatic heterocycles. The lowest BCUT2D eigenvalue weighted by Gasteiger charge is -2.11. The smallest absolute Gasteiger partial charge is 0.251 e. The van der Waals surface area contributed by atoms with Gasteiger partial charge in [0.15, 0.2) is 0 Å². The van der Waals surface area contributed by atoms with Crippen LogP contribution >= 0.6 is 0 Å². The number of hydrogen-bond acceptors (Lipinski definition) is 2. The highest BCUT2D eigenvalue weighted by Crippen LogP contribution is 2.04. The van der Waals surface area contributed by atoms with Crippen molar-refractivity contribution in [2.24, 2.45) is 5.73 Å². The molecule has 3 heteroatoms. The molecule has 0 aliphatic rings. The number of hydrogen-bond donors (Lipinski definition) is 2. The van der Waals surface area contributed by atoms with Crippen molar-refractivity contribution in [1.29, 1.82) is 0 Å². The fourth-order valence-corrected chi connectivity index (χ4v) is 1.20. The van der Waals surface area contributed by atoms with E-state index in [4.69, 9.17) is 5.73 Å². The van der Waals surface area contributed by atoms with Gasteiger partial charge < -0.3 is 11.1 Å². The summed E-state index contributed by atoms with van der Waals surface area (Å²) in [6.45, 7) is 4.54. The van der Waals surface area contributed by atoms with Gasteiger partial charge in [0, 0.05) is 18.2 Å². The number of rotatable bonds is 4. The molecule has 0 saturated carbocycles. The highest BCUT2D eigenvalue weighted by Gasteiger charge is 2.07. The van der Waals surface area contributed by atoms with E-state index >= 15 is 0 Å². The standard InChI is InChI=1S/C12H18N2O/c1-3-9(2)14-12(15)11-6-4-10(8-13)5-7-11/h4-7,9H,3,8,13H2,1-2H3,(H,14,15)/t9-/m0/s1. The number of carbonyl (C=O) groups excluding carboxylic acids is 1. The molecule has 1 aromatic rings. The molecule has 1 aromatic carbocycles. The summed E-state index contributed by atoms with van der Waals surface area (Å²) in [6, 6.07) is 7.59. The minimum absolute atomic E-state index is 0.0204. The first kappa shape index (κ1) is 11.7. The Morgan fingerprint density at radius 1 is 1.40 bits per heavy atom. The van der Waals surface area contributed by atoms with E-state index in [0.717, 1.165) is 12.0 Å². The van der Waals surface area contributed by atoms with Crippen molar-refractivity contribution in [3.63, 3.8) is 0 Å². The fraction of sp³-hybridized carbons (Fsp3) is 0.417. The monoisotopic (exact) mass is 206 g/mol. The van der Waals surface area contributed by atoms with Gasteiger partial charge in [0.2, 0.25) is 0 Å². The van der Waals surface area contributed by atoms with Crippen LogP contribution in [-0.2, 0) is 6.54 Å². The van der Waals surface area contributed by atoms with E-state index in [0.29, 0.717) is 12.1 Å². The molecule has 0 radical (unpaired) electrons. The zero-order valence-corrected chi connectivity index (χ0v) is 9.29. The van der Waals surface area contributed by atoms with Gasteiger partial charge in [0.25, 0.3) is 5.91 Å². The molecule has 0 aliphatic carbocycles. The molecule has 0 saturated heterocycles. The zero-order chi connectivity index (χ0) is 11.3. The van der Waals surface area contributed by atoms with Gasteiger partial charge in [-0.3, -0.25) is 4.79 Å². The summed E-state index contributed by atoms with van der Waals surface area (Å²) in [5.41, 5.74) is 7.20. The Morgan fingerprint density at radius 2 is 2.00 bits per heavy atom. The van der Waals surface area contributed by atoms with E-state index in [2.05, 4.69) is 5.32 Å². The molecule has 3 nitrogen and oxygen atoms in total. The van der Waals surface area contributed by atoms with Gasteiger partial charge in [0.05, 0.1) is 0 Å². The average Bonchev–Trinajstić information content (AvgIpc) is 2.29. The van der Waals surface area contributed by atoms with Gasteiger partial charge in [-0.15, -0.1) is 0 Å². The lowest BCUT2D eigenvalue weighted by atomic mass is 10.1. The highest BCUT2D eigenvalue weighted by molar-refractivity contribution is 5.94. The van der Waals surface area contributed by atoms with Crippen molar-refractivity contribution in [3.8, 4) is 0 Å². The van der Waals surface area contributed by atoms with Crippen LogP contribution in [0.1, 0.15) is 36.2 Å². The molecule has 0 aromatic heterocycles. The van der Waals surface area contributed by atoms with E-state index in [1.54, 1.807) is 12.1 Å². The normalized spacial score (nSPS) is 12.2. The average molecular weight is 206 g/mol. The van der Waals surface area contributed by atoms with Crippen molar-refractivity contribution in [1.82, 2.24) is 5.32 Å². The van der Waals surface area contributed by atoms with Crippen LogP contribution in [0.4, 0.5) is 0 Å². The van der Waals surface area contributed by atoms with Crippen LogP contribution in [0.25, 0.3) is 0 Å². The summed E-state index contributed by atoms with van der Waals surface area (Å²) in [5.74, 6) is -0.0204. The summed E-state index contributed by atoms with van der Waals surface area (Å²) >= 11 is 0. The number of nitrogens with two attached hydrogens (primary N) is 1. The Bertz CT molecular complexity index is 319. The third-order valence-electron chi connectivity index (χ3n) is 2.44. The topological polar surface area (TPSA) is 55.1 Å². The minimum atomic E-state index is -0.0204. The van der Waals surface area contributed by atoms with Crippen LogP contribution < -0.4 is 11.1 Å². The van der Waals surface area contributed by atoms with Crippen LogP contribution in [0.3, 0.4) is 0 Å². The molecule has 1 amide bonds. The largest absolute Gasteiger partial charge is 0.350 e. The van der Waals surface area contributed by atoms with Crippen molar-refractivity contribution in [3.05, 3.63) is 35.4 Å². The lowest BCUT2D eigenvalue weighted by Crippen LogP contribution is -2.31. The van der Waals surface area contributed by atoms with E-state index in [-0.39, 0.29) is 11.9 Å². The second-order valence-corrected chi connectivity index (χ2v) is 3.68. The zero-order valence-electron chi connectivity index (χ0n) is 9.29. The molecule has 0 heterocycles. The van der Waals surface area contributed by atoms with E-state index in [9.17, 15) is 4.79 Å². The molecule has 0 bridgehead atoms. The quantitative estimate of drug-likeness (QED) is 0.787. The van der Waals surface area contributed by atoms with Crippen LogP contribution in [0, 0.1) is 0 Å².